The molecule has 5 rings (SSSR count). The predicted molar refractivity (Wildman–Crippen MR) is 198 cm³/mol. The van der Waals surface area contributed by atoms with Gasteiger partial charge in [-0.1, -0.05) is 27.7 Å². The molecule has 3 aromatic carbocycles. The molecule has 0 unspecified atom stereocenters. The molecular formula is C39H49GeIrN2O2S-. The van der Waals surface area contributed by atoms with Crippen LogP contribution in [0.4, 0.5) is 0 Å². The summed E-state index contributed by atoms with van der Waals surface area (Å²) in [6, 6.07) is 21.0. The average Bonchev–Trinajstić information content (AvgIpc) is 3.39. The third-order valence-corrected chi connectivity index (χ3v) is 14.3. The molecule has 0 fully saturated rings. The molecule has 2 aromatic heterocycles. The molecule has 0 aliphatic heterocycles. The largest absolute Gasteiger partial charge is 0 e. The maximum Gasteiger partial charge on any atom is 0 e. The van der Waals surface area contributed by atoms with Crippen LogP contribution in [0.2, 0.25) is 17.3 Å². The molecule has 0 aliphatic carbocycles. The van der Waals surface area contributed by atoms with Gasteiger partial charge in [0.1, 0.15) is 0 Å². The Morgan fingerprint density at radius 3 is 2.22 bits per heavy atom. The van der Waals surface area contributed by atoms with E-state index in [9.17, 15) is 9.90 Å². The Kier molecular flexibility index (Phi) is 13.2. The zero-order chi connectivity index (χ0) is 33.8. The van der Waals surface area contributed by atoms with E-state index in [1.807, 2.05) is 27.7 Å². The van der Waals surface area contributed by atoms with Crippen molar-refractivity contribution in [3.05, 3.63) is 78.3 Å². The van der Waals surface area contributed by atoms with Crippen LogP contribution in [0.15, 0.2) is 66.7 Å². The standard InChI is InChI=1S/C26H25GeN2S.C13H24O2.Ir/c1-16(2)22-13-18(12-17-8-6-7-9-20(17)22)24-26-25(29-15-28-24)21-11-10-19(27(3,4)5)14-23(21)30-26;1-5-10(6-2)12(14)9-13(15)11(7-3)8-4;/h6-11,13-16H,1-5H3;9-11,14H,5-8H2,1-4H3;/q-1;;/b;12-9-;/i15D;;. The van der Waals surface area contributed by atoms with Crippen LogP contribution in [0.25, 0.3) is 42.3 Å². The number of nitrogens with zero attached hydrogens (tertiary/aromatic N) is 2. The van der Waals surface area contributed by atoms with Crippen molar-refractivity contribution in [2.24, 2.45) is 11.8 Å². The number of hydrogen-bond acceptors (Lipinski definition) is 5. The Hall–Kier alpha value is -2.38. The van der Waals surface area contributed by atoms with E-state index in [1.54, 1.807) is 11.3 Å². The minimum absolute atomic E-state index is 0. The molecule has 0 saturated carbocycles. The summed E-state index contributed by atoms with van der Waals surface area (Å²) in [5, 5.41) is 13.2. The van der Waals surface area contributed by atoms with E-state index in [4.69, 9.17) is 1.37 Å². The van der Waals surface area contributed by atoms with Crippen LogP contribution in [0.5, 0.6) is 0 Å². The summed E-state index contributed by atoms with van der Waals surface area (Å²) in [6.45, 7) is 12.5. The van der Waals surface area contributed by atoms with Crippen molar-refractivity contribution in [3.63, 3.8) is 0 Å². The Balaban J connectivity index is 0.000000322. The number of aromatic nitrogens is 2. The summed E-state index contributed by atoms with van der Waals surface area (Å²) in [6.07, 6.45) is 4.97. The second kappa shape index (κ2) is 16.6. The number of thiophene rings is 1. The summed E-state index contributed by atoms with van der Waals surface area (Å²) in [7, 11) is 0. The third-order valence-electron chi connectivity index (χ3n) is 8.83. The third kappa shape index (κ3) is 8.55. The van der Waals surface area contributed by atoms with Crippen LogP contribution in [0.1, 0.15) is 80.1 Å². The monoisotopic (exact) mass is 877 g/mol. The van der Waals surface area contributed by atoms with Crippen molar-refractivity contribution >= 4 is 65.9 Å². The van der Waals surface area contributed by atoms with E-state index < -0.39 is 13.3 Å². The van der Waals surface area contributed by atoms with Gasteiger partial charge < -0.3 is 5.11 Å². The average molecular weight is 876 g/mol. The smallest absolute Gasteiger partial charge is 0 e. The van der Waals surface area contributed by atoms with Crippen LogP contribution in [0, 0.1) is 17.9 Å². The van der Waals surface area contributed by atoms with Gasteiger partial charge in [-0.2, -0.15) is 0 Å². The van der Waals surface area contributed by atoms with Crippen LogP contribution < -0.4 is 4.40 Å². The topological polar surface area (TPSA) is 63.1 Å². The van der Waals surface area contributed by atoms with Gasteiger partial charge in [-0.05, 0) is 25.7 Å². The van der Waals surface area contributed by atoms with Crippen LogP contribution in [-0.4, -0.2) is 34.1 Å². The summed E-state index contributed by atoms with van der Waals surface area (Å²) in [5.74, 6) is 8.18. The molecule has 0 bridgehead atoms. The molecule has 247 valence electrons. The van der Waals surface area contributed by atoms with Gasteiger partial charge >= 0.3 is 186 Å². The SMILES string of the molecule is CCC(CC)C(=O)/C=C(\O)C(CC)CC.[2H]c1nc(-c2[c-]c3ccccc3c(C(C)C)c2)c2sc3c[c]([Ge]([CH3])([CH3])[CH3])ccc3c2n1.[Ir]. The number of aliphatic hydroxyl groups is 1. The quantitative estimate of drug-likeness (QED) is 0.0657. The molecule has 1 N–H and O–H groups in total. The van der Waals surface area contributed by atoms with Crippen molar-refractivity contribution in [3.8, 4) is 11.3 Å². The van der Waals surface area contributed by atoms with Gasteiger partial charge in [0.25, 0.3) is 0 Å². The van der Waals surface area contributed by atoms with Crippen molar-refractivity contribution in [1.82, 2.24) is 9.97 Å². The van der Waals surface area contributed by atoms with E-state index in [0.717, 1.165) is 57.9 Å². The Morgan fingerprint density at radius 1 is 0.957 bits per heavy atom. The Labute approximate surface area is 297 Å². The fourth-order valence-electron chi connectivity index (χ4n) is 5.82. The minimum atomic E-state index is -1.93. The zero-order valence-corrected chi connectivity index (χ0v) is 34.1. The number of ketones is 1. The molecule has 0 atom stereocenters. The molecule has 7 heteroatoms. The summed E-state index contributed by atoms with van der Waals surface area (Å²) in [4.78, 5) is 20.8. The van der Waals surface area contributed by atoms with Crippen LogP contribution in [-0.2, 0) is 24.9 Å². The summed E-state index contributed by atoms with van der Waals surface area (Å²) < 4.78 is 12.1. The van der Waals surface area contributed by atoms with E-state index in [-0.39, 0.29) is 49.8 Å². The van der Waals surface area contributed by atoms with E-state index in [0.29, 0.717) is 5.92 Å². The van der Waals surface area contributed by atoms with Crippen molar-refractivity contribution < 1.29 is 31.4 Å². The fourth-order valence-corrected chi connectivity index (χ4v) is 9.66. The van der Waals surface area contributed by atoms with Crippen molar-refractivity contribution in [2.45, 2.75) is 90.4 Å². The van der Waals surface area contributed by atoms with Gasteiger partial charge in [0.2, 0.25) is 0 Å². The van der Waals surface area contributed by atoms with Crippen molar-refractivity contribution in [2.75, 3.05) is 0 Å². The second-order valence-electron chi connectivity index (χ2n) is 13.2. The second-order valence-corrected chi connectivity index (χ2v) is 25.0. The fraction of sp³-hybridized carbons (Fsp3) is 0.410. The molecular weight excluding hydrogens is 825 g/mol. The predicted octanol–water partition coefficient (Wildman–Crippen LogP) is 11.0. The maximum atomic E-state index is 11.7. The normalized spacial score (nSPS) is 12.5. The molecule has 4 nitrogen and oxygen atoms in total. The number of rotatable bonds is 10. The number of fused-ring (bicyclic) bond motifs is 4. The number of aliphatic hydroxyl groups excluding tert-OH is 1. The van der Waals surface area contributed by atoms with Gasteiger partial charge in [0.05, 0.1) is 5.76 Å². The van der Waals surface area contributed by atoms with Gasteiger partial charge in [0, 0.05) is 38.0 Å². The number of carbonyl (C=O) groups excluding carboxylic acids is 1. The number of carbonyl (C=O) groups is 1. The minimum Gasteiger partial charge on any atom is 0 e. The molecule has 0 amide bonds. The molecule has 0 saturated heterocycles. The Bertz CT molecular complexity index is 1870. The van der Waals surface area contributed by atoms with E-state index in [1.165, 1.54) is 26.1 Å². The Morgan fingerprint density at radius 2 is 1.61 bits per heavy atom. The molecule has 0 aliphatic rings. The van der Waals surface area contributed by atoms with Crippen LogP contribution >= 0.6 is 11.3 Å². The first kappa shape index (κ1) is 36.5. The van der Waals surface area contributed by atoms with E-state index in [2.05, 4.69) is 95.7 Å². The summed E-state index contributed by atoms with van der Waals surface area (Å²) >= 11 is -0.190. The van der Waals surface area contributed by atoms with Gasteiger partial charge in [-0.25, -0.2) is 0 Å². The van der Waals surface area contributed by atoms with Gasteiger partial charge in [-0.15, -0.1) is 0 Å². The number of benzene rings is 3. The maximum absolute atomic E-state index is 11.7. The summed E-state index contributed by atoms with van der Waals surface area (Å²) in [5.41, 5.74) is 3.94. The van der Waals surface area contributed by atoms with E-state index >= 15 is 0 Å². The van der Waals surface area contributed by atoms with Crippen molar-refractivity contribution in [1.29, 1.82) is 0 Å². The van der Waals surface area contributed by atoms with Gasteiger partial charge in [-0.3, -0.25) is 4.79 Å². The number of allylic oxidation sites excluding steroid dienone is 2. The number of hydrogen-bond donors (Lipinski definition) is 1. The molecule has 46 heavy (non-hydrogen) atoms. The first-order chi connectivity index (χ1) is 21.8. The van der Waals surface area contributed by atoms with Gasteiger partial charge in [0.15, 0.2) is 5.78 Å². The molecule has 0 spiro atoms. The first-order valence-corrected chi connectivity index (χ1v) is 24.6. The zero-order valence-electron chi connectivity index (χ0n) is 29.7. The molecule has 5 aromatic rings. The van der Waals surface area contributed by atoms with Crippen LogP contribution in [0.3, 0.4) is 0 Å². The molecule has 1 radical (unpaired) electrons. The first-order valence-electron chi connectivity index (χ1n) is 16.9. The molecule has 2 heterocycles.